The van der Waals surface area contributed by atoms with Gasteiger partial charge in [-0.25, -0.2) is 0 Å². The van der Waals surface area contributed by atoms with E-state index < -0.39 is 0 Å². The van der Waals surface area contributed by atoms with E-state index in [1.165, 1.54) is 11.8 Å². The highest BCUT2D eigenvalue weighted by atomic mass is 32.2. The van der Waals surface area contributed by atoms with Gasteiger partial charge >= 0.3 is 0 Å². The maximum Gasteiger partial charge on any atom is 0.235 e. The molecule has 0 aliphatic rings. The van der Waals surface area contributed by atoms with Crippen LogP contribution in [0.2, 0.25) is 0 Å². The van der Waals surface area contributed by atoms with Gasteiger partial charge in [0.15, 0.2) is 11.0 Å². The van der Waals surface area contributed by atoms with Gasteiger partial charge in [0.1, 0.15) is 0 Å². The van der Waals surface area contributed by atoms with E-state index in [2.05, 4.69) is 37.0 Å². The molecule has 0 unspecified atom stereocenters. The highest BCUT2D eigenvalue weighted by molar-refractivity contribution is 8.00. The minimum Gasteiger partial charge on any atom is -0.348 e. The van der Waals surface area contributed by atoms with E-state index in [9.17, 15) is 4.79 Å². The Bertz CT molecular complexity index is 694. The van der Waals surface area contributed by atoms with E-state index >= 15 is 0 Å². The molecule has 0 aliphatic carbocycles. The first-order chi connectivity index (χ1) is 10.8. The highest BCUT2D eigenvalue weighted by Crippen LogP contribution is 2.30. The number of aromatic nitrogens is 3. The number of nitrogens with zero attached hydrogens (tertiary/aromatic N) is 4. The van der Waals surface area contributed by atoms with Crippen molar-refractivity contribution in [3.05, 3.63) is 29.8 Å². The zero-order valence-electron chi connectivity index (χ0n) is 14.6. The second kappa shape index (κ2) is 7.17. The molecule has 5 nitrogen and oxygen atoms in total. The molecular formula is C17H24N4OS. The van der Waals surface area contributed by atoms with Gasteiger partial charge < -0.3 is 9.47 Å². The van der Waals surface area contributed by atoms with E-state index in [1.54, 1.807) is 19.0 Å². The molecule has 0 radical (unpaired) electrons. The molecule has 1 aromatic heterocycles. The number of hydrogen-bond acceptors (Lipinski definition) is 4. The number of rotatable bonds is 5. The summed E-state index contributed by atoms with van der Waals surface area (Å²) in [4.78, 5) is 14.0. The van der Waals surface area contributed by atoms with Gasteiger partial charge in [0.05, 0.1) is 5.25 Å². The molecule has 124 valence electrons. The molecule has 1 amide bonds. The fourth-order valence-corrected chi connectivity index (χ4v) is 3.46. The lowest BCUT2D eigenvalue weighted by Gasteiger charge is -2.22. The van der Waals surface area contributed by atoms with Crippen molar-refractivity contribution in [2.45, 2.75) is 31.2 Å². The summed E-state index contributed by atoms with van der Waals surface area (Å²) in [6, 6.07) is 8.10. The predicted octanol–water partition coefficient (Wildman–Crippen LogP) is 3.00. The molecular weight excluding hydrogens is 308 g/mol. The minimum absolute atomic E-state index is 0.102. The summed E-state index contributed by atoms with van der Waals surface area (Å²) in [5, 5.41) is 9.23. The number of carbonyl (C=O) groups is 1. The van der Waals surface area contributed by atoms with Crippen LogP contribution in [0.25, 0.3) is 11.4 Å². The Morgan fingerprint density at radius 2 is 1.87 bits per heavy atom. The average Bonchev–Trinajstić information content (AvgIpc) is 2.85. The summed E-state index contributed by atoms with van der Waals surface area (Å²) < 4.78 is 1.96. The first-order valence-electron chi connectivity index (χ1n) is 7.66. The van der Waals surface area contributed by atoms with Crippen molar-refractivity contribution < 1.29 is 4.79 Å². The van der Waals surface area contributed by atoms with Gasteiger partial charge in [-0.15, -0.1) is 10.2 Å². The summed E-state index contributed by atoms with van der Waals surface area (Å²) in [6.07, 6.45) is 0. The van der Waals surface area contributed by atoms with E-state index in [1.807, 2.05) is 29.8 Å². The van der Waals surface area contributed by atoms with Crippen molar-refractivity contribution in [2.24, 2.45) is 13.0 Å². The Labute approximate surface area is 142 Å². The summed E-state index contributed by atoms with van der Waals surface area (Å²) in [6.45, 7) is 6.17. The van der Waals surface area contributed by atoms with E-state index in [0.717, 1.165) is 22.1 Å². The molecule has 0 spiro atoms. The first-order valence-corrected chi connectivity index (χ1v) is 8.54. The van der Waals surface area contributed by atoms with Gasteiger partial charge in [0.25, 0.3) is 0 Å². The molecule has 23 heavy (non-hydrogen) atoms. The maximum absolute atomic E-state index is 12.4. The van der Waals surface area contributed by atoms with E-state index in [0.29, 0.717) is 0 Å². The Morgan fingerprint density at radius 1 is 1.22 bits per heavy atom. The summed E-state index contributed by atoms with van der Waals surface area (Å²) in [7, 11) is 5.52. The Kier molecular flexibility index (Phi) is 5.46. The van der Waals surface area contributed by atoms with Gasteiger partial charge in [0.2, 0.25) is 5.91 Å². The van der Waals surface area contributed by atoms with Crippen LogP contribution in [0.15, 0.2) is 29.4 Å². The fourth-order valence-electron chi connectivity index (χ4n) is 2.32. The van der Waals surface area contributed by atoms with Crippen LogP contribution in [0, 0.1) is 12.8 Å². The molecule has 6 heteroatoms. The van der Waals surface area contributed by atoms with Crippen LogP contribution < -0.4 is 0 Å². The molecule has 2 aromatic rings. The number of thioether (sulfide) groups is 1. The summed E-state index contributed by atoms with van der Waals surface area (Å²) >= 11 is 1.48. The van der Waals surface area contributed by atoms with Crippen LogP contribution in [0.1, 0.15) is 19.4 Å². The van der Waals surface area contributed by atoms with Crippen molar-refractivity contribution in [1.29, 1.82) is 0 Å². The van der Waals surface area contributed by atoms with Crippen LogP contribution in [0.5, 0.6) is 0 Å². The summed E-state index contributed by atoms with van der Waals surface area (Å²) in [5.74, 6) is 1.14. The van der Waals surface area contributed by atoms with Gasteiger partial charge in [-0.2, -0.15) is 0 Å². The molecule has 0 fully saturated rings. The largest absolute Gasteiger partial charge is 0.348 e. The van der Waals surface area contributed by atoms with Crippen molar-refractivity contribution >= 4 is 17.7 Å². The number of benzene rings is 1. The third-order valence-electron chi connectivity index (χ3n) is 3.74. The van der Waals surface area contributed by atoms with Crippen LogP contribution in [-0.4, -0.2) is 44.9 Å². The minimum atomic E-state index is -0.169. The van der Waals surface area contributed by atoms with Gasteiger partial charge in [-0.3, -0.25) is 4.79 Å². The third kappa shape index (κ3) is 3.75. The standard InChI is InChI=1S/C17H24N4OS/c1-11(2)14(16(22)20(4)5)23-17-19-18-15(21(17)6)13-10-8-7-9-12(13)3/h7-11,14H,1-6H3/t14-/m1/s1. The van der Waals surface area contributed by atoms with Gasteiger partial charge in [-0.1, -0.05) is 49.9 Å². The van der Waals surface area contributed by atoms with Crippen molar-refractivity contribution in [3.8, 4) is 11.4 Å². The number of hydrogen-bond donors (Lipinski definition) is 0. The second-order valence-corrected chi connectivity index (χ2v) is 7.30. The third-order valence-corrected chi connectivity index (χ3v) is 5.31. The normalized spacial score (nSPS) is 12.5. The van der Waals surface area contributed by atoms with Crippen molar-refractivity contribution in [1.82, 2.24) is 19.7 Å². The molecule has 2 rings (SSSR count). The van der Waals surface area contributed by atoms with Gasteiger partial charge in [0, 0.05) is 26.7 Å². The molecule has 0 aliphatic heterocycles. The Hall–Kier alpha value is -1.82. The second-order valence-electron chi connectivity index (χ2n) is 6.20. The van der Waals surface area contributed by atoms with Crippen molar-refractivity contribution in [2.75, 3.05) is 14.1 Å². The number of amides is 1. The molecule has 1 heterocycles. The van der Waals surface area contributed by atoms with Crippen molar-refractivity contribution in [3.63, 3.8) is 0 Å². The van der Waals surface area contributed by atoms with Gasteiger partial charge in [-0.05, 0) is 18.4 Å². The summed E-state index contributed by atoms with van der Waals surface area (Å²) in [5.41, 5.74) is 2.22. The van der Waals surface area contributed by atoms with E-state index in [-0.39, 0.29) is 17.1 Å². The Morgan fingerprint density at radius 3 is 2.43 bits per heavy atom. The average molecular weight is 332 g/mol. The van der Waals surface area contributed by atoms with Crippen LogP contribution in [0.4, 0.5) is 0 Å². The molecule has 0 N–H and O–H groups in total. The lowest BCUT2D eigenvalue weighted by molar-refractivity contribution is -0.128. The number of aryl methyl sites for hydroxylation is 1. The highest BCUT2D eigenvalue weighted by Gasteiger charge is 2.27. The van der Waals surface area contributed by atoms with E-state index in [4.69, 9.17) is 0 Å². The van der Waals surface area contributed by atoms with Crippen LogP contribution in [-0.2, 0) is 11.8 Å². The molecule has 0 saturated heterocycles. The molecule has 1 aromatic carbocycles. The fraction of sp³-hybridized carbons (Fsp3) is 0.471. The zero-order valence-corrected chi connectivity index (χ0v) is 15.4. The lowest BCUT2D eigenvalue weighted by atomic mass is 10.1. The molecule has 0 bridgehead atoms. The van der Waals surface area contributed by atoms with Crippen LogP contribution in [0.3, 0.4) is 0 Å². The predicted molar refractivity (Wildman–Crippen MR) is 94.4 cm³/mol. The first kappa shape index (κ1) is 17.5. The quantitative estimate of drug-likeness (QED) is 0.790. The topological polar surface area (TPSA) is 51.0 Å². The monoisotopic (exact) mass is 332 g/mol. The lowest BCUT2D eigenvalue weighted by Crippen LogP contribution is -2.35. The SMILES string of the molecule is Cc1ccccc1-c1nnc(S[C@@H](C(=O)N(C)C)C(C)C)n1C. The maximum atomic E-state index is 12.4. The molecule has 0 saturated carbocycles. The number of carbonyl (C=O) groups excluding carboxylic acids is 1. The van der Waals surface area contributed by atoms with Crippen LogP contribution >= 0.6 is 11.8 Å². The zero-order chi connectivity index (χ0) is 17.1. The Balaban J connectivity index is 2.32. The smallest absolute Gasteiger partial charge is 0.235 e. The molecule has 1 atom stereocenters.